The molecule has 4 nitrogen and oxygen atoms in total. The lowest BCUT2D eigenvalue weighted by atomic mass is 10.1. The fraction of sp³-hybridized carbons (Fsp3) is 0.533. The minimum absolute atomic E-state index is 0.0670. The first kappa shape index (κ1) is 14.0. The van der Waals surface area contributed by atoms with E-state index >= 15 is 0 Å². The molecule has 1 aliphatic heterocycles. The summed E-state index contributed by atoms with van der Waals surface area (Å²) in [5, 5.41) is 6.35. The largest absolute Gasteiger partial charge is 0.325 e. The molecule has 1 aromatic rings. The monoisotopic (exact) mass is 261 g/mol. The van der Waals surface area contributed by atoms with Crippen LogP contribution in [0.4, 0.5) is 5.69 Å². The zero-order chi connectivity index (χ0) is 13.8. The Labute approximate surface area is 115 Å². The SMILES string of the molecule is Cc1ccc(NC(=O)CN2CCNC(C)C2)cc1C. The summed E-state index contributed by atoms with van der Waals surface area (Å²) in [5.41, 5.74) is 3.33. The van der Waals surface area contributed by atoms with Crippen molar-refractivity contribution in [1.82, 2.24) is 10.2 Å². The summed E-state index contributed by atoms with van der Waals surface area (Å²) in [7, 11) is 0. The zero-order valence-electron chi connectivity index (χ0n) is 12.0. The van der Waals surface area contributed by atoms with Gasteiger partial charge in [-0.2, -0.15) is 0 Å². The number of rotatable bonds is 3. The van der Waals surface area contributed by atoms with Crippen LogP contribution in [0.5, 0.6) is 0 Å². The van der Waals surface area contributed by atoms with Gasteiger partial charge in [0.15, 0.2) is 0 Å². The first-order valence-electron chi connectivity index (χ1n) is 6.87. The molecule has 1 unspecified atom stereocenters. The highest BCUT2D eigenvalue weighted by atomic mass is 16.2. The molecule has 2 rings (SSSR count). The van der Waals surface area contributed by atoms with E-state index < -0.39 is 0 Å². The highest BCUT2D eigenvalue weighted by Crippen LogP contribution is 2.14. The third kappa shape index (κ3) is 4.04. The number of hydrogen-bond donors (Lipinski definition) is 2. The molecule has 1 aromatic carbocycles. The van der Waals surface area contributed by atoms with Crippen LogP contribution < -0.4 is 10.6 Å². The second kappa shape index (κ2) is 6.17. The minimum Gasteiger partial charge on any atom is -0.325 e. The van der Waals surface area contributed by atoms with Crippen molar-refractivity contribution in [2.75, 3.05) is 31.5 Å². The van der Waals surface area contributed by atoms with Crippen molar-refractivity contribution < 1.29 is 4.79 Å². The van der Waals surface area contributed by atoms with Crippen LogP contribution in [0.25, 0.3) is 0 Å². The molecule has 1 saturated heterocycles. The molecular weight excluding hydrogens is 238 g/mol. The van der Waals surface area contributed by atoms with E-state index in [1.807, 2.05) is 18.2 Å². The Bertz CT molecular complexity index is 459. The number of nitrogens with one attached hydrogen (secondary N) is 2. The van der Waals surface area contributed by atoms with Gasteiger partial charge in [0.05, 0.1) is 6.54 Å². The van der Waals surface area contributed by atoms with E-state index in [1.54, 1.807) is 0 Å². The van der Waals surface area contributed by atoms with Gasteiger partial charge in [-0.1, -0.05) is 6.07 Å². The minimum atomic E-state index is 0.0670. The van der Waals surface area contributed by atoms with Crippen molar-refractivity contribution in [3.63, 3.8) is 0 Å². The lowest BCUT2D eigenvalue weighted by Gasteiger charge is -2.31. The standard InChI is InChI=1S/C15H23N3O/c1-11-4-5-14(8-12(11)2)17-15(19)10-18-7-6-16-13(3)9-18/h4-5,8,13,16H,6-7,9-10H2,1-3H3,(H,17,19). The second-order valence-corrected chi connectivity index (χ2v) is 5.44. The fourth-order valence-electron chi connectivity index (χ4n) is 2.38. The maximum atomic E-state index is 12.0. The van der Waals surface area contributed by atoms with Crippen LogP contribution in [0.1, 0.15) is 18.1 Å². The molecule has 0 aliphatic carbocycles. The van der Waals surface area contributed by atoms with Gasteiger partial charge in [-0.05, 0) is 44.0 Å². The molecule has 4 heteroatoms. The van der Waals surface area contributed by atoms with Crippen LogP contribution in [0.3, 0.4) is 0 Å². The number of benzene rings is 1. The Morgan fingerprint density at radius 3 is 2.89 bits per heavy atom. The summed E-state index contributed by atoms with van der Waals surface area (Å²) in [4.78, 5) is 14.2. The molecule has 2 N–H and O–H groups in total. The molecule has 1 heterocycles. The van der Waals surface area contributed by atoms with E-state index in [1.165, 1.54) is 11.1 Å². The van der Waals surface area contributed by atoms with Crippen molar-refractivity contribution >= 4 is 11.6 Å². The first-order chi connectivity index (χ1) is 9.04. The van der Waals surface area contributed by atoms with Gasteiger partial charge in [0.2, 0.25) is 5.91 Å². The number of nitrogens with zero attached hydrogens (tertiary/aromatic N) is 1. The molecule has 0 saturated carbocycles. The van der Waals surface area contributed by atoms with E-state index in [9.17, 15) is 4.79 Å². The normalized spacial score (nSPS) is 20.3. The number of carbonyl (C=O) groups excluding carboxylic acids is 1. The molecule has 1 aliphatic rings. The molecule has 0 spiro atoms. The van der Waals surface area contributed by atoms with E-state index in [0.717, 1.165) is 25.3 Å². The highest BCUT2D eigenvalue weighted by Gasteiger charge is 2.17. The average Bonchev–Trinajstić information content (AvgIpc) is 2.34. The first-order valence-corrected chi connectivity index (χ1v) is 6.87. The predicted octanol–water partition coefficient (Wildman–Crippen LogP) is 1.54. The molecule has 0 radical (unpaired) electrons. The van der Waals surface area contributed by atoms with Gasteiger partial charge >= 0.3 is 0 Å². The van der Waals surface area contributed by atoms with Crippen LogP contribution >= 0.6 is 0 Å². The summed E-state index contributed by atoms with van der Waals surface area (Å²) in [6, 6.07) is 6.48. The van der Waals surface area contributed by atoms with Crippen LogP contribution in [0.2, 0.25) is 0 Å². The van der Waals surface area contributed by atoms with Crippen molar-refractivity contribution in [1.29, 1.82) is 0 Å². The molecular formula is C15H23N3O. The lowest BCUT2D eigenvalue weighted by molar-refractivity contribution is -0.117. The van der Waals surface area contributed by atoms with Gasteiger partial charge in [0.1, 0.15) is 0 Å². The number of anilines is 1. The highest BCUT2D eigenvalue weighted by molar-refractivity contribution is 5.92. The van der Waals surface area contributed by atoms with Gasteiger partial charge in [0.25, 0.3) is 0 Å². The fourth-order valence-corrected chi connectivity index (χ4v) is 2.38. The Kier molecular flexibility index (Phi) is 4.56. The smallest absolute Gasteiger partial charge is 0.238 e. The number of carbonyl (C=O) groups is 1. The van der Waals surface area contributed by atoms with Gasteiger partial charge in [-0.15, -0.1) is 0 Å². The Morgan fingerprint density at radius 2 is 2.21 bits per heavy atom. The number of aryl methyl sites for hydroxylation is 2. The number of hydrogen-bond acceptors (Lipinski definition) is 3. The molecule has 1 amide bonds. The van der Waals surface area contributed by atoms with Crippen molar-refractivity contribution in [3.8, 4) is 0 Å². The third-order valence-corrected chi connectivity index (χ3v) is 3.61. The second-order valence-electron chi connectivity index (χ2n) is 5.44. The van der Waals surface area contributed by atoms with Gasteiger partial charge in [0, 0.05) is 31.4 Å². The molecule has 19 heavy (non-hydrogen) atoms. The predicted molar refractivity (Wildman–Crippen MR) is 78.5 cm³/mol. The maximum Gasteiger partial charge on any atom is 0.238 e. The van der Waals surface area contributed by atoms with Crippen LogP contribution in [-0.4, -0.2) is 43.0 Å². The lowest BCUT2D eigenvalue weighted by Crippen LogP contribution is -2.51. The molecule has 1 atom stereocenters. The summed E-state index contributed by atoms with van der Waals surface area (Å²) in [5.74, 6) is 0.0670. The Balaban J connectivity index is 1.88. The molecule has 0 aromatic heterocycles. The van der Waals surface area contributed by atoms with Gasteiger partial charge in [-0.25, -0.2) is 0 Å². The summed E-state index contributed by atoms with van der Waals surface area (Å²) in [6.45, 7) is 9.57. The topological polar surface area (TPSA) is 44.4 Å². The van der Waals surface area contributed by atoms with E-state index in [2.05, 4.69) is 36.3 Å². The zero-order valence-corrected chi connectivity index (χ0v) is 12.0. The van der Waals surface area contributed by atoms with Crippen LogP contribution in [-0.2, 0) is 4.79 Å². The summed E-state index contributed by atoms with van der Waals surface area (Å²) in [6.07, 6.45) is 0. The quantitative estimate of drug-likeness (QED) is 0.867. The molecule has 0 bridgehead atoms. The Hall–Kier alpha value is -1.39. The van der Waals surface area contributed by atoms with Crippen molar-refractivity contribution in [2.45, 2.75) is 26.8 Å². The Morgan fingerprint density at radius 1 is 1.42 bits per heavy atom. The van der Waals surface area contributed by atoms with Crippen molar-refractivity contribution in [3.05, 3.63) is 29.3 Å². The van der Waals surface area contributed by atoms with E-state index in [4.69, 9.17) is 0 Å². The molecule has 1 fully saturated rings. The average molecular weight is 261 g/mol. The van der Waals surface area contributed by atoms with Gasteiger partial charge < -0.3 is 10.6 Å². The number of piperazine rings is 1. The van der Waals surface area contributed by atoms with E-state index in [-0.39, 0.29) is 5.91 Å². The van der Waals surface area contributed by atoms with E-state index in [0.29, 0.717) is 12.6 Å². The van der Waals surface area contributed by atoms with Crippen molar-refractivity contribution in [2.24, 2.45) is 0 Å². The van der Waals surface area contributed by atoms with Crippen LogP contribution in [0.15, 0.2) is 18.2 Å². The maximum absolute atomic E-state index is 12.0. The van der Waals surface area contributed by atoms with Crippen LogP contribution in [0, 0.1) is 13.8 Å². The summed E-state index contributed by atoms with van der Waals surface area (Å²) >= 11 is 0. The summed E-state index contributed by atoms with van der Waals surface area (Å²) < 4.78 is 0. The number of amides is 1. The third-order valence-electron chi connectivity index (χ3n) is 3.61. The molecule has 104 valence electrons. The van der Waals surface area contributed by atoms with Gasteiger partial charge in [-0.3, -0.25) is 9.69 Å².